The Morgan fingerprint density at radius 1 is 1.00 bits per heavy atom. The lowest BCUT2D eigenvalue weighted by Gasteiger charge is -2.14. The van der Waals surface area contributed by atoms with E-state index < -0.39 is 0 Å². The molecule has 4 heteroatoms. The number of hydrogen-bond acceptors (Lipinski definition) is 2. The molecular weight excluding hydrogens is 300 g/mol. The summed E-state index contributed by atoms with van der Waals surface area (Å²) in [5.74, 6) is -0.325. The molecule has 1 unspecified atom stereocenters. The number of rotatable bonds is 7. The zero-order chi connectivity index (χ0) is 17.4. The molecule has 0 saturated heterocycles. The zero-order valence-electron chi connectivity index (χ0n) is 14.2. The predicted octanol–water partition coefficient (Wildman–Crippen LogP) is 3.99. The second-order valence-corrected chi connectivity index (χ2v) is 5.89. The van der Waals surface area contributed by atoms with Gasteiger partial charge in [0.25, 0.3) is 5.91 Å². The third kappa shape index (κ3) is 4.95. The van der Waals surface area contributed by atoms with Crippen molar-refractivity contribution in [2.75, 3.05) is 5.32 Å². The van der Waals surface area contributed by atoms with Gasteiger partial charge in [-0.05, 0) is 24.1 Å². The van der Waals surface area contributed by atoms with Crippen LogP contribution in [0.4, 0.5) is 5.69 Å². The van der Waals surface area contributed by atoms with E-state index in [0.717, 1.165) is 18.4 Å². The SMILES string of the molecule is CCCC(C)C(=O)Nc1ccccc1C(=O)NCc1ccccc1. The van der Waals surface area contributed by atoms with Gasteiger partial charge in [-0.1, -0.05) is 62.7 Å². The minimum absolute atomic E-state index is 0.0554. The summed E-state index contributed by atoms with van der Waals surface area (Å²) < 4.78 is 0. The van der Waals surface area contributed by atoms with Crippen molar-refractivity contribution >= 4 is 17.5 Å². The first-order chi connectivity index (χ1) is 11.6. The first-order valence-electron chi connectivity index (χ1n) is 8.33. The van der Waals surface area contributed by atoms with Crippen LogP contribution in [0.25, 0.3) is 0 Å². The fourth-order valence-electron chi connectivity index (χ4n) is 2.48. The maximum atomic E-state index is 12.5. The van der Waals surface area contributed by atoms with Gasteiger partial charge in [-0.15, -0.1) is 0 Å². The van der Waals surface area contributed by atoms with E-state index in [-0.39, 0.29) is 17.7 Å². The average molecular weight is 324 g/mol. The van der Waals surface area contributed by atoms with E-state index in [1.807, 2.05) is 43.3 Å². The molecule has 0 aliphatic rings. The molecule has 0 saturated carbocycles. The van der Waals surface area contributed by atoms with Gasteiger partial charge in [-0.3, -0.25) is 9.59 Å². The fraction of sp³-hybridized carbons (Fsp3) is 0.300. The van der Waals surface area contributed by atoms with Crippen LogP contribution in [0.3, 0.4) is 0 Å². The summed E-state index contributed by atoms with van der Waals surface area (Å²) >= 11 is 0. The summed E-state index contributed by atoms with van der Waals surface area (Å²) in [6, 6.07) is 16.8. The summed E-state index contributed by atoms with van der Waals surface area (Å²) in [5, 5.41) is 5.77. The topological polar surface area (TPSA) is 58.2 Å². The second kappa shape index (κ2) is 8.87. The van der Waals surface area contributed by atoms with Gasteiger partial charge in [0.2, 0.25) is 5.91 Å². The Labute approximate surface area is 143 Å². The predicted molar refractivity (Wildman–Crippen MR) is 96.8 cm³/mol. The van der Waals surface area contributed by atoms with E-state index >= 15 is 0 Å². The number of para-hydroxylation sites is 1. The Kier molecular flexibility index (Phi) is 6.55. The van der Waals surface area contributed by atoms with Crippen molar-refractivity contribution in [2.45, 2.75) is 33.2 Å². The van der Waals surface area contributed by atoms with Crippen molar-refractivity contribution in [3.63, 3.8) is 0 Å². The molecule has 2 amide bonds. The Hall–Kier alpha value is -2.62. The average Bonchev–Trinajstić information content (AvgIpc) is 2.61. The number of anilines is 1. The van der Waals surface area contributed by atoms with Crippen LogP contribution in [-0.4, -0.2) is 11.8 Å². The maximum absolute atomic E-state index is 12.5. The van der Waals surface area contributed by atoms with Gasteiger partial charge in [0.15, 0.2) is 0 Å². The molecule has 0 heterocycles. The second-order valence-electron chi connectivity index (χ2n) is 5.89. The van der Waals surface area contributed by atoms with Crippen molar-refractivity contribution in [1.29, 1.82) is 0 Å². The first-order valence-corrected chi connectivity index (χ1v) is 8.33. The van der Waals surface area contributed by atoms with Crippen LogP contribution in [0.2, 0.25) is 0 Å². The van der Waals surface area contributed by atoms with Crippen LogP contribution in [0.1, 0.15) is 42.6 Å². The molecule has 0 fully saturated rings. The molecule has 0 aliphatic carbocycles. The number of benzene rings is 2. The van der Waals surface area contributed by atoms with Gasteiger partial charge in [0.05, 0.1) is 11.3 Å². The summed E-state index contributed by atoms with van der Waals surface area (Å²) in [4.78, 5) is 24.7. The van der Waals surface area contributed by atoms with Crippen LogP contribution in [0, 0.1) is 5.92 Å². The number of carbonyl (C=O) groups excluding carboxylic acids is 2. The van der Waals surface area contributed by atoms with Crippen molar-refractivity contribution in [2.24, 2.45) is 5.92 Å². The maximum Gasteiger partial charge on any atom is 0.253 e. The van der Waals surface area contributed by atoms with Crippen LogP contribution in [-0.2, 0) is 11.3 Å². The van der Waals surface area contributed by atoms with Crippen molar-refractivity contribution in [1.82, 2.24) is 5.32 Å². The van der Waals surface area contributed by atoms with Crippen molar-refractivity contribution in [3.05, 3.63) is 65.7 Å². The lowest BCUT2D eigenvalue weighted by molar-refractivity contribution is -0.119. The minimum Gasteiger partial charge on any atom is -0.348 e. The lowest BCUT2D eigenvalue weighted by atomic mass is 10.0. The number of nitrogens with one attached hydrogen (secondary N) is 2. The van der Waals surface area contributed by atoms with Crippen LogP contribution >= 0.6 is 0 Å². The summed E-state index contributed by atoms with van der Waals surface area (Å²) in [6.07, 6.45) is 1.78. The third-order valence-electron chi connectivity index (χ3n) is 3.89. The molecule has 0 aliphatic heterocycles. The molecule has 2 aromatic rings. The summed E-state index contributed by atoms with van der Waals surface area (Å²) in [7, 11) is 0. The Balaban J connectivity index is 2.04. The lowest BCUT2D eigenvalue weighted by Crippen LogP contribution is -2.26. The third-order valence-corrected chi connectivity index (χ3v) is 3.89. The Bertz CT molecular complexity index is 683. The molecule has 2 rings (SSSR count). The van der Waals surface area contributed by atoms with Gasteiger partial charge in [-0.2, -0.15) is 0 Å². The smallest absolute Gasteiger partial charge is 0.253 e. The molecule has 0 spiro atoms. The van der Waals surface area contributed by atoms with Crippen LogP contribution < -0.4 is 10.6 Å². The van der Waals surface area contributed by atoms with E-state index in [2.05, 4.69) is 17.6 Å². The molecule has 4 nitrogen and oxygen atoms in total. The highest BCUT2D eigenvalue weighted by Crippen LogP contribution is 2.17. The molecule has 0 radical (unpaired) electrons. The van der Waals surface area contributed by atoms with Gasteiger partial charge < -0.3 is 10.6 Å². The molecular formula is C20H24N2O2. The van der Waals surface area contributed by atoms with Gasteiger partial charge >= 0.3 is 0 Å². The quantitative estimate of drug-likeness (QED) is 0.809. The molecule has 0 bridgehead atoms. The monoisotopic (exact) mass is 324 g/mol. The summed E-state index contributed by atoms with van der Waals surface area (Å²) in [5.41, 5.74) is 2.06. The molecule has 24 heavy (non-hydrogen) atoms. The van der Waals surface area contributed by atoms with Crippen LogP contribution in [0.15, 0.2) is 54.6 Å². The zero-order valence-corrected chi connectivity index (χ0v) is 14.2. The van der Waals surface area contributed by atoms with E-state index in [1.54, 1.807) is 18.2 Å². The summed E-state index contributed by atoms with van der Waals surface area (Å²) in [6.45, 7) is 4.40. The standard InChI is InChI=1S/C20H24N2O2/c1-3-9-15(2)19(23)22-18-13-8-7-12-17(18)20(24)21-14-16-10-5-4-6-11-16/h4-8,10-13,15H,3,9,14H2,1-2H3,(H,21,24)(H,22,23). The molecule has 2 N–H and O–H groups in total. The van der Waals surface area contributed by atoms with E-state index in [4.69, 9.17) is 0 Å². The largest absolute Gasteiger partial charge is 0.348 e. The normalized spacial score (nSPS) is 11.6. The number of amides is 2. The van der Waals surface area contributed by atoms with Gasteiger partial charge in [0, 0.05) is 12.5 Å². The van der Waals surface area contributed by atoms with Crippen LogP contribution in [0.5, 0.6) is 0 Å². The van der Waals surface area contributed by atoms with Crippen molar-refractivity contribution < 1.29 is 9.59 Å². The number of carbonyl (C=O) groups is 2. The molecule has 0 aromatic heterocycles. The Morgan fingerprint density at radius 3 is 2.38 bits per heavy atom. The van der Waals surface area contributed by atoms with E-state index in [9.17, 15) is 9.59 Å². The highest BCUT2D eigenvalue weighted by Gasteiger charge is 2.16. The minimum atomic E-state index is -0.196. The highest BCUT2D eigenvalue weighted by molar-refractivity contribution is 6.04. The molecule has 126 valence electrons. The molecule has 1 atom stereocenters. The van der Waals surface area contributed by atoms with E-state index in [0.29, 0.717) is 17.8 Å². The molecule has 2 aromatic carbocycles. The highest BCUT2D eigenvalue weighted by atomic mass is 16.2. The van der Waals surface area contributed by atoms with Gasteiger partial charge in [-0.25, -0.2) is 0 Å². The van der Waals surface area contributed by atoms with Crippen molar-refractivity contribution in [3.8, 4) is 0 Å². The van der Waals surface area contributed by atoms with E-state index in [1.165, 1.54) is 0 Å². The number of hydrogen-bond donors (Lipinski definition) is 2. The fourth-order valence-corrected chi connectivity index (χ4v) is 2.48. The Morgan fingerprint density at radius 2 is 1.67 bits per heavy atom. The first kappa shape index (κ1) is 17.7. The van der Waals surface area contributed by atoms with Gasteiger partial charge in [0.1, 0.15) is 0 Å².